The van der Waals surface area contributed by atoms with Crippen molar-refractivity contribution in [2.24, 2.45) is 0 Å². The van der Waals surface area contributed by atoms with Crippen LogP contribution in [0.1, 0.15) is 17.7 Å². The first kappa shape index (κ1) is 13.9. The van der Waals surface area contributed by atoms with Gasteiger partial charge in [-0.25, -0.2) is 0 Å². The van der Waals surface area contributed by atoms with Crippen molar-refractivity contribution in [3.05, 3.63) is 27.1 Å². The minimum Gasteiger partial charge on any atom is -0.374 e. The van der Waals surface area contributed by atoms with E-state index >= 15 is 0 Å². The highest BCUT2D eigenvalue weighted by molar-refractivity contribution is 7.15. The van der Waals surface area contributed by atoms with E-state index in [1.54, 1.807) is 6.07 Å². The standard InChI is InChI=1S/C13H19N3O3S/c17-16(18)13-4-3-12(20-13)7-14-6-11-8-15-5-1-2-10(15)9-19-11/h3-4,10-11,14H,1-2,5-9H2. The number of thiophene rings is 1. The van der Waals surface area contributed by atoms with Crippen molar-refractivity contribution in [3.8, 4) is 0 Å². The molecule has 6 nitrogen and oxygen atoms in total. The van der Waals surface area contributed by atoms with Crippen LogP contribution in [0.5, 0.6) is 0 Å². The summed E-state index contributed by atoms with van der Waals surface area (Å²) in [6.07, 6.45) is 2.78. The SMILES string of the molecule is O=[N+]([O-])c1ccc(CNCC2CN3CCCC3CO2)s1. The fourth-order valence-electron chi connectivity index (χ4n) is 2.93. The van der Waals surface area contributed by atoms with Gasteiger partial charge in [-0.05, 0) is 25.5 Å². The molecule has 0 saturated carbocycles. The van der Waals surface area contributed by atoms with Crippen LogP contribution in [-0.2, 0) is 11.3 Å². The lowest BCUT2D eigenvalue weighted by atomic mass is 10.2. The number of nitrogens with one attached hydrogen (secondary N) is 1. The summed E-state index contributed by atoms with van der Waals surface area (Å²) in [5, 5.41) is 14.2. The molecule has 0 bridgehead atoms. The van der Waals surface area contributed by atoms with Gasteiger partial charge in [0.05, 0.1) is 17.6 Å². The van der Waals surface area contributed by atoms with Gasteiger partial charge in [-0.3, -0.25) is 15.0 Å². The zero-order chi connectivity index (χ0) is 13.9. The Morgan fingerprint density at radius 3 is 3.25 bits per heavy atom. The molecule has 0 amide bonds. The van der Waals surface area contributed by atoms with Crippen LogP contribution in [0.15, 0.2) is 12.1 Å². The fraction of sp³-hybridized carbons (Fsp3) is 0.692. The molecule has 1 aromatic rings. The molecule has 3 rings (SSSR count). The summed E-state index contributed by atoms with van der Waals surface area (Å²) < 4.78 is 5.86. The Labute approximate surface area is 121 Å². The number of nitrogens with zero attached hydrogens (tertiary/aromatic N) is 2. The van der Waals surface area contributed by atoms with Gasteiger partial charge in [0.15, 0.2) is 0 Å². The maximum Gasteiger partial charge on any atom is 0.324 e. The second-order valence-electron chi connectivity index (χ2n) is 5.37. The number of morpholine rings is 1. The van der Waals surface area contributed by atoms with E-state index < -0.39 is 0 Å². The van der Waals surface area contributed by atoms with Crippen LogP contribution < -0.4 is 5.32 Å². The number of hydrogen-bond donors (Lipinski definition) is 1. The first-order valence-corrected chi connectivity index (χ1v) is 7.83. The highest BCUT2D eigenvalue weighted by Crippen LogP contribution is 2.24. The van der Waals surface area contributed by atoms with E-state index in [2.05, 4.69) is 10.2 Å². The average molecular weight is 297 g/mol. The van der Waals surface area contributed by atoms with Crippen molar-refractivity contribution in [2.75, 3.05) is 26.2 Å². The minimum atomic E-state index is -0.341. The third kappa shape index (κ3) is 3.17. The summed E-state index contributed by atoms with van der Waals surface area (Å²) in [5.74, 6) is 0. The number of nitro groups is 1. The molecule has 2 aliphatic rings. The maximum atomic E-state index is 10.6. The predicted molar refractivity (Wildman–Crippen MR) is 77.0 cm³/mol. The lowest BCUT2D eigenvalue weighted by molar-refractivity contribution is -0.380. The van der Waals surface area contributed by atoms with Crippen molar-refractivity contribution in [2.45, 2.75) is 31.5 Å². The monoisotopic (exact) mass is 297 g/mol. The van der Waals surface area contributed by atoms with Crippen molar-refractivity contribution < 1.29 is 9.66 Å². The van der Waals surface area contributed by atoms with Gasteiger partial charge in [0, 0.05) is 36.6 Å². The summed E-state index contributed by atoms with van der Waals surface area (Å²) in [7, 11) is 0. The van der Waals surface area contributed by atoms with E-state index in [1.165, 1.54) is 30.7 Å². The quantitative estimate of drug-likeness (QED) is 0.660. The van der Waals surface area contributed by atoms with Gasteiger partial charge >= 0.3 is 5.00 Å². The molecule has 1 aromatic heterocycles. The van der Waals surface area contributed by atoms with Gasteiger partial charge in [-0.2, -0.15) is 0 Å². The van der Waals surface area contributed by atoms with Gasteiger partial charge in [0.25, 0.3) is 0 Å². The minimum absolute atomic E-state index is 0.204. The van der Waals surface area contributed by atoms with Crippen LogP contribution in [-0.4, -0.2) is 48.2 Å². The Kier molecular flexibility index (Phi) is 4.30. The van der Waals surface area contributed by atoms with Crippen molar-refractivity contribution in [1.82, 2.24) is 10.2 Å². The summed E-state index contributed by atoms with van der Waals surface area (Å²) in [6, 6.07) is 4.01. The molecule has 2 aliphatic heterocycles. The van der Waals surface area contributed by atoms with Gasteiger partial charge < -0.3 is 10.1 Å². The summed E-state index contributed by atoms with van der Waals surface area (Å²) >= 11 is 1.23. The van der Waals surface area contributed by atoms with Gasteiger partial charge in [0.2, 0.25) is 0 Å². The average Bonchev–Trinajstić information content (AvgIpc) is 3.06. The van der Waals surface area contributed by atoms with Crippen LogP contribution >= 0.6 is 11.3 Å². The van der Waals surface area contributed by atoms with E-state index in [1.807, 2.05) is 6.07 Å². The zero-order valence-electron chi connectivity index (χ0n) is 11.3. The first-order valence-electron chi connectivity index (χ1n) is 7.02. The molecule has 110 valence electrons. The van der Waals surface area contributed by atoms with Crippen LogP contribution in [0.25, 0.3) is 0 Å². The largest absolute Gasteiger partial charge is 0.374 e. The predicted octanol–water partition coefficient (Wildman–Crippen LogP) is 1.61. The molecule has 7 heteroatoms. The van der Waals surface area contributed by atoms with Crippen molar-refractivity contribution in [1.29, 1.82) is 0 Å². The molecule has 2 fully saturated rings. The summed E-state index contributed by atoms with van der Waals surface area (Å²) in [4.78, 5) is 13.8. The van der Waals surface area contributed by atoms with Crippen LogP contribution in [0, 0.1) is 10.1 Å². The second-order valence-corrected chi connectivity index (χ2v) is 6.52. The van der Waals surface area contributed by atoms with E-state index in [9.17, 15) is 10.1 Å². The fourth-order valence-corrected chi connectivity index (χ4v) is 3.71. The van der Waals surface area contributed by atoms with Gasteiger partial charge in [-0.15, -0.1) is 0 Å². The van der Waals surface area contributed by atoms with Crippen LogP contribution in [0.4, 0.5) is 5.00 Å². The molecular formula is C13H19N3O3S. The Balaban J connectivity index is 1.42. The van der Waals surface area contributed by atoms with Crippen LogP contribution in [0.3, 0.4) is 0 Å². The smallest absolute Gasteiger partial charge is 0.324 e. The van der Waals surface area contributed by atoms with E-state index in [-0.39, 0.29) is 16.0 Å². The van der Waals surface area contributed by atoms with E-state index in [4.69, 9.17) is 4.74 Å². The van der Waals surface area contributed by atoms with E-state index in [0.717, 1.165) is 24.6 Å². The summed E-state index contributed by atoms with van der Waals surface area (Å²) in [6.45, 7) is 4.51. The zero-order valence-corrected chi connectivity index (χ0v) is 12.1. The Hall–Kier alpha value is -1.02. The van der Waals surface area contributed by atoms with Crippen molar-refractivity contribution in [3.63, 3.8) is 0 Å². The topological polar surface area (TPSA) is 67.6 Å². The molecule has 3 heterocycles. The molecule has 2 saturated heterocycles. The van der Waals surface area contributed by atoms with E-state index in [0.29, 0.717) is 12.6 Å². The third-order valence-electron chi connectivity index (χ3n) is 3.96. The Morgan fingerprint density at radius 2 is 2.45 bits per heavy atom. The third-order valence-corrected chi connectivity index (χ3v) is 5.00. The molecule has 1 N–H and O–H groups in total. The molecular weight excluding hydrogens is 278 g/mol. The molecule has 0 radical (unpaired) electrons. The summed E-state index contributed by atoms with van der Waals surface area (Å²) in [5.41, 5.74) is 0. The van der Waals surface area contributed by atoms with Gasteiger partial charge in [-0.1, -0.05) is 11.3 Å². The normalized spacial score (nSPS) is 26.6. The molecule has 0 spiro atoms. The molecule has 2 atom stereocenters. The number of rotatable bonds is 5. The van der Waals surface area contributed by atoms with Gasteiger partial charge in [0.1, 0.15) is 0 Å². The molecule has 0 aromatic carbocycles. The number of ether oxygens (including phenoxy) is 1. The van der Waals surface area contributed by atoms with Crippen LogP contribution in [0.2, 0.25) is 0 Å². The highest BCUT2D eigenvalue weighted by Gasteiger charge is 2.31. The molecule has 20 heavy (non-hydrogen) atoms. The lowest BCUT2D eigenvalue weighted by Crippen LogP contribution is -2.49. The first-order chi connectivity index (χ1) is 9.72. The Bertz CT molecular complexity index is 479. The maximum absolute atomic E-state index is 10.6. The highest BCUT2D eigenvalue weighted by atomic mass is 32.1. The number of hydrogen-bond acceptors (Lipinski definition) is 6. The van der Waals surface area contributed by atoms with Crippen molar-refractivity contribution >= 4 is 16.3 Å². The molecule has 2 unspecified atom stereocenters. The number of fused-ring (bicyclic) bond motifs is 1. The second kappa shape index (κ2) is 6.17. The molecule has 0 aliphatic carbocycles. The Morgan fingerprint density at radius 1 is 1.55 bits per heavy atom. The lowest BCUT2D eigenvalue weighted by Gasteiger charge is -2.35.